The molecule has 2 heterocycles. The van der Waals surface area contributed by atoms with E-state index in [1.54, 1.807) is 6.20 Å². The lowest BCUT2D eigenvalue weighted by atomic mass is 9.89. The van der Waals surface area contributed by atoms with Gasteiger partial charge in [0, 0.05) is 72.8 Å². The third kappa shape index (κ3) is 12.7. The van der Waals surface area contributed by atoms with E-state index in [0.717, 1.165) is 43.5 Å². The van der Waals surface area contributed by atoms with E-state index in [-0.39, 0.29) is 56.0 Å². The second kappa shape index (κ2) is 21.8. The van der Waals surface area contributed by atoms with Gasteiger partial charge in [0.2, 0.25) is 23.6 Å². The van der Waals surface area contributed by atoms with Gasteiger partial charge >= 0.3 is 0 Å². The molecule has 0 fully saturated rings. The second-order valence-electron chi connectivity index (χ2n) is 16.3. The van der Waals surface area contributed by atoms with Crippen LogP contribution in [0.1, 0.15) is 75.5 Å². The Kier molecular flexibility index (Phi) is 16.3. The number of hydrogen-bond donors (Lipinski definition) is 6. The maximum absolute atomic E-state index is 14.4. The molecule has 318 valence electrons. The van der Waals surface area contributed by atoms with E-state index < -0.39 is 47.4 Å². The molecule has 0 radical (unpaired) electrons. The molecule has 8 N–H and O–H groups in total. The van der Waals surface area contributed by atoms with Crippen LogP contribution in [0.5, 0.6) is 0 Å². The van der Waals surface area contributed by atoms with E-state index in [1.165, 1.54) is 7.05 Å². The number of hydrazine groups is 1. The van der Waals surface area contributed by atoms with Crippen LogP contribution in [0.2, 0.25) is 0 Å². The number of ketones is 2. The average molecular weight is 818 g/mol. The largest absolute Gasteiger partial charge is 0.369 e. The molecule has 2 aromatic heterocycles. The first-order valence-corrected chi connectivity index (χ1v) is 20.9. The fourth-order valence-electron chi connectivity index (χ4n) is 7.78. The van der Waals surface area contributed by atoms with E-state index in [0.29, 0.717) is 32.2 Å². The second-order valence-corrected chi connectivity index (χ2v) is 16.3. The predicted octanol–water partition coefficient (Wildman–Crippen LogP) is 5.47. The van der Waals surface area contributed by atoms with Crippen LogP contribution in [0, 0.1) is 23.7 Å². The molecule has 0 unspecified atom stereocenters. The molecule has 0 spiro atoms. The Morgan fingerprint density at radius 2 is 1.23 bits per heavy atom. The lowest BCUT2D eigenvalue weighted by Gasteiger charge is -2.26. The Morgan fingerprint density at radius 3 is 1.80 bits per heavy atom. The first kappa shape index (κ1) is 45.0. The summed E-state index contributed by atoms with van der Waals surface area (Å²) >= 11 is 0. The fourth-order valence-corrected chi connectivity index (χ4v) is 7.78. The smallest absolute Gasteiger partial charge is 0.242 e. The van der Waals surface area contributed by atoms with E-state index >= 15 is 0 Å². The Balaban J connectivity index is 1.37. The van der Waals surface area contributed by atoms with Crippen molar-refractivity contribution in [3.63, 3.8) is 0 Å². The number of Topliss-reactive ketones (excluding diaryl/α,β-unsaturated/α-hetero) is 2. The molecule has 3 aromatic carbocycles. The zero-order chi connectivity index (χ0) is 43.2. The number of unbranched alkanes of at least 4 members (excludes halogenated alkanes) is 1. The van der Waals surface area contributed by atoms with Gasteiger partial charge in [-0.15, -0.1) is 0 Å². The summed E-state index contributed by atoms with van der Waals surface area (Å²) in [6.07, 6.45) is 5.78. The first-order chi connectivity index (χ1) is 28.8. The number of nitrogens with one attached hydrogen (secondary N) is 4. The van der Waals surface area contributed by atoms with E-state index in [4.69, 9.17) is 11.5 Å². The molecule has 0 aliphatic heterocycles. The number of nitrogens with zero attached hydrogens (tertiary/aromatic N) is 1. The summed E-state index contributed by atoms with van der Waals surface area (Å²) in [6.45, 7) is 4.35. The molecule has 0 bridgehead atoms. The van der Waals surface area contributed by atoms with Crippen LogP contribution >= 0.6 is 0 Å². The standard InChI is InChI=1S/C47H59N7O6/c1-30(2)21-37(55)25-33(23-35-28-50-40-18-9-7-16-38(35)40)47(60)53-54(3)44(57)27-34(24-36-29-51-41-19-10-8-17-39(36)41)46(59)52-42(22-31-13-5-4-6-14-31)43(56)26-32(45(49)58)15-11-12-20-48/h4-10,13-14,16-19,28-30,32-34,42,50-51H,11-12,15,20-27,48H2,1-3H3,(H2,49,58)(H,52,59)(H,53,60)/t32-,33+,34-,42-/m1/s1. The summed E-state index contributed by atoms with van der Waals surface area (Å²) in [5.74, 6) is -4.88. The van der Waals surface area contributed by atoms with Crippen molar-refractivity contribution in [1.29, 1.82) is 0 Å². The first-order valence-electron chi connectivity index (χ1n) is 20.9. The van der Waals surface area contributed by atoms with Gasteiger partial charge in [0.15, 0.2) is 5.78 Å². The molecular formula is C47H59N7O6. The number of rotatable bonds is 23. The van der Waals surface area contributed by atoms with Crippen LogP contribution in [-0.4, -0.2) is 69.8 Å². The summed E-state index contributed by atoms with van der Waals surface area (Å²) in [5, 5.41) is 5.86. The predicted molar refractivity (Wildman–Crippen MR) is 233 cm³/mol. The van der Waals surface area contributed by atoms with Crippen molar-refractivity contribution >= 4 is 57.0 Å². The summed E-state index contributed by atoms with van der Waals surface area (Å²) in [5.41, 5.74) is 18.3. The molecule has 0 aliphatic rings. The van der Waals surface area contributed by atoms with Gasteiger partial charge in [0.05, 0.1) is 17.9 Å². The number of carbonyl (C=O) groups is 6. The zero-order valence-electron chi connectivity index (χ0n) is 34.9. The van der Waals surface area contributed by atoms with Crippen LogP contribution in [0.25, 0.3) is 21.8 Å². The number of carbonyl (C=O) groups excluding carboxylic acids is 6. The Bertz CT molecular complexity index is 2250. The molecular weight excluding hydrogens is 759 g/mol. The van der Waals surface area contributed by atoms with Gasteiger partial charge in [0.25, 0.3) is 0 Å². The van der Waals surface area contributed by atoms with Gasteiger partial charge in [-0.05, 0) is 73.4 Å². The number of primary amides is 1. The molecule has 13 nitrogen and oxygen atoms in total. The normalized spacial score (nSPS) is 13.4. The number of aromatic nitrogens is 2. The van der Waals surface area contributed by atoms with Crippen LogP contribution in [-0.2, 0) is 48.0 Å². The van der Waals surface area contributed by atoms with Gasteiger partial charge in [-0.1, -0.05) is 87.0 Å². The summed E-state index contributed by atoms with van der Waals surface area (Å²) in [6, 6.07) is 23.6. The lowest BCUT2D eigenvalue weighted by molar-refractivity contribution is -0.144. The van der Waals surface area contributed by atoms with Gasteiger partial charge in [-0.3, -0.25) is 39.2 Å². The quantitative estimate of drug-likeness (QED) is 0.0369. The minimum Gasteiger partial charge on any atom is -0.369 e. The molecule has 5 rings (SSSR count). The van der Waals surface area contributed by atoms with Gasteiger partial charge in [-0.2, -0.15) is 0 Å². The van der Waals surface area contributed by atoms with Gasteiger partial charge < -0.3 is 26.8 Å². The van der Waals surface area contributed by atoms with Crippen LogP contribution in [0.4, 0.5) is 0 Å². The number of H-pyrrole nitrogens is 2. The van der Waals surface area contributed by atoms with Crippen molar-refractivity contribution in [1.82, 2.24) is 25.7 Å². The minimum absolute atomic E-state index is 0.00237. The Labute approximate surface area is 351 Å². The highest BCUT2D eigenvalue weighted by molar-refractivity contribution is 5.95. The number of benzene rings is 3. The molecule has 60 heavy (non-hydrogen) atoms. The fraction of sp³-hybridized carbons (Fsp3) is 0.404. The third-order valence-corrected chi connectivity index (χ3v) is 11.1. The maximum atomic E-state index is 14.4. The summed E-state index contributed by atoms with van der Waals surface area (Å²) < 4.78 is 0. The minimum atomic E-state index is -1.01. The van der Waals surface area contributed by atoms with E-state index in [2.05, 4.69) is 20.7 Å². The van der Waals surface area contributed by atoms with Gasteiger partial charge in [-0.25, -0.2) is 0 Å². The van der Waals surface area contributed by atoms with E-state index in [1.807, 2.05) is 98.9 Å². The zero-order valence-corrected chi connectivity index (χ0v) is 34.9. The van der Waals surface area contributed by atoms with Crippen molar-refractivity contribution in [3.05, 3.63) is 108 Å². The molecule has 0 saturated carbocycles. The highest BCUT2D eigenvalue weighted by Gasteiger charge is 2.32. The molecule has 5 aromatic rings. The molecule has 13 heteroatoms. The Hall–Kier alpha value is -6.08. The van der Waals surface area contributed by atoms with Crippen molar-refractivity contribution < 1.29 is 28.8 Å². The van der Waals surface area contributed by atoms with Crippen LogP contribution in [0.3, 0.4) is 0 Å². The van der Waals surface area contributed by atoms with Crippen molar-refractivity contribution in [3.8, 4) is 0 Å². The molecule has 0 aliphatic carbocycles. The van der Waals surface area contributed by atoms with Gasteiger partial charge in [0.1, 0.15) is 5.78 Å². The van der Waals surface area contributed by atoms with Crippen molar-refractivity contribution in [2.45, 2.75) is 84.1 Å². The maximum Gasteiger partial charge on any atom is 0.242 e. The lowest BCUT2D eigenvalue weighted by Crippen LogP contribution is -2.49. The highest BCUT2D eigenvalue weighted by atomic mass is 16.2. The highest BCUT2D eigenvalue weighted by Crippen LogP contribution is 2.26. The monoisotopic (exact) mass is 817 g/mol. The topological polar surface area (TPSA) is 213 Å². The van der Waals surface area contributed by atoms with Crippen molar-refractivity contribution in [2.24, 2.45) is 35.1 Å². The van der Waals surface area contributed by atoms with Crippen molar-refractivity contribution in [2.75, 3.05) is 13.6 Å². The number of nitrogens with two attached hydrogens (primary N) is 2. The summed E-state index contributed by atoms with van der Waals surface area (Å²) in [7, 11) is 1.43. The third-order valence-electron chi connectivity index (χ3n) is 11.1. The summed E-state index contributed by atoms with van der Waals surface area (Å²) in [4.78, 5) is 88.4. The molecule has 4 atom stereocenters. The Morgan fingerprint density at radius 1 is 0.667 bits per heavy atom. The number of fused-ring (bicyclic) bond motifs is 2. The number of amides is 4. The molecule has 4 amide bonds. The number of aromatic amines is 2. The number of hydrogen-bond acceptors (Lipinski definition) is 7. The van der Waals surface area contributed by atoms with Crippen LogP contribution in [0.15, 0.2) is 91.3 Å². The average Bonchev–Trinajstić information content (AvgIpc) is 3.83. The molecule has 0 saturated heterocycles. The SMILES string of the molecule is CC(C)CC(=O)C[C@H](Cc1c[nH]c2ccccc12)C(=O)NN(C)C(=O)C[C@@H](Cc1c[nH]c2ccccc12)C(=O)N[C@H](Cc1ccccc1)C(=O)C[C@@H](CCCCN)C(N)=O. The number of para-hydroxylation sites is 2. The van der Waals surface area contributed by atoms with Crippen LogP contribution < -0.4 is 22.2 Å². The van der Waals surface area contributed by atoms with E-state index in [9.17, 15) is 28.8 Å².